The van der Waals surface area contributed by atoms with Crippen molar-refractivity contribution in [3.8, 4) is 0 Å². The molecular weight excluding hydrogens is 206 g/mol. The van der Waals surface area contributed by atoms with Crippen LogP contribution in [-0.4, -0.2) is 29.5 Å². The predicted octanol–water partition coefficient (Wildman–Crippen LogP) is 2.19. The Bertz CT molecular complexity index is 126. The lowest BCUT2D eigenvalue weighted by Gasteiger charge is -2.15. The molecule has 0 aliphatic heterocycles. The first kappa shape index (κ1) is 15.1. The fourth-order valence-electron chi connectivity index (χ4n) is 1.70. The van der Waals surface area contributed by atoms with Crippen LogP contribution in [0.1, 0.15) is 45.4 Å². The highest BCUT2D eigenvalue weighted by Crippen LogP contribution is 2.14. The molecule has 0 aromatic heterocycles. The van der Waals surface area contributed by atoms with Crippen LogP contribution in [0.2, 0.25) is 6.04 Å². The van der Waals surface area contributed by atoms with Crippen LogP contribution >= 0.6 is 0 Å². The highest BCUT2D eigenvalue weighted by Gasteiger charge is 2.06. The minimum atomic E-state index is -1.19. The highest BCUT2D eigenvalue weighted by molar-refractivity contribution is 6.44. The van der Waals surface area contributed by atoms with Crippen LogP contribution in [0.25, 0.3) is 0 Å². The summed E-state index contributed by atoms with van der Waals surface area (Å²) in [6.07, 6.45) is 7.83. The van der Waals surface area contributed by atoms with Gasteiger partial charge in [-0.25, -0.2) is 0 Å². The van der Waals surface area contributed by atoms with E-state index in [9.17, 15) is 0 Å². The van der Waals surface area contributed by atoms with Crippen molar-refractivity contribution in [2.75, 3.05) is 14.2 Å². The van der Waals surface area contributed by atoms with Crippen LogP contribution in [-0.2, 0) is 8.85 Å². The first-order valence-electron chi connectivity index (χ1n) is 6.05. The van der Waals surface area contributed by atoms with Crippen LogP contribution in [0, 0.1) is 0 Å². The van der Waals surface area contributed by atoms with Gasteiger partial charge in [-0.15, -0.1) is 0 Å². The van der Waals surface area contributed by atoms with Gasteiger partial charge in [0.25, 0.3) is 0 Å². The van der Waals surface area contributed by atoms with Crippen molar-refractivity contribution in [1.82, 2.24) is 0 Å². The lowest BCUT2D eigenvalue weighted by Crippen LogP contribution is -2.22. The Morgan fingerprint density at radius 3 is 1.87 bits per heavy atom. The monoisotopic (exact) mass is 233 g/mol. The molecule has 0 amide bonds. The predicted molar refractivity (Wildman–Crippen MR) is 67.3 cm³/mol. The van der Waals surface area contributed by atoms with Gasteiger partial charge < -0.3 is 14.6 Å². The quantitative estimate of drug-likeness (QED) is 0.757. The molecular formula is C11H27NO2Si. The fourth-order valence-corrected chi connectivity index (χ4v) is 2.84. The van der Waals surface area contributed by atoms with E-state index in [1.807, 2.05) is 0 Å². The van der Waals surface area contributed by atoms with Crippen molar-refractivity contribution in [1.29, 1.82) is 0 Å². The van der Waals surface area contributed by atoms with E-state index in [1.54, 1.807) is 14.2 Å². The average molecular weight is 233 g/mol. The van der Waals surface area contributed by atoms with Crippen LogP contribution in [0.3, 0.4) is 0 Å². The van der Waals surface area contributed by atoms with Crippen molar-refractivity contribution in [2.24, 2.45) is 5.73 Å². The standard InChI is InChI=1S/C6H13N.C5H14O2Si/c7-6-4-2-1-3-5-6;1-4-5-8(6-2)7-3/h6H,1-5,7H2;8H,4-5H2,1-3H3. The van der Waals surface area contributed by atoms with Gasteiger partial charge in [0.2, 0.25) is 0 Å². The molecule has 1 aliphatic rings. The Morgan fingerprint density at radius 2 is 1.67 bits per heavy atom. The molecule has 1 saturated carbocycles. The summed E-state index contributed by atoms with van der Waals surface area (Å²) >= 11 is 0. The molecule has 1 rings (SSSR count). The van der Waals surface area contributed by atoms with E-state index in [2.05, 4.69) is 6.92 Å². The summed E-state index contributed by atoms with van der Waals surface area (Å²) in [6.45, 7) is 2.14. The van der Waals surface area contributed by atoms with Crippen molar-refractivity contribution in [3.63, 3.8) is 0 Å². The van der Waals surface area contributed by atoms with E-state index >= 15 is 0 Å². The van der Waals surface area contributed by atoms with E-state index in [4.69, 9.17) is 14.6 Å². The summed E-state index contributed by atoms with van der Waals surface area (Å²) in [5.74, 6) is 0. The summed E-state index contributed by atoms with van der Waals surface area (Å²) < 4.78 is 10.1. The Hall–Kier alpha value is 0.0969. The maximum atomic E-state index is 5.63. The molecule has 4 heteroatoms. The molecule has 0 aromatic rings. The van der Waals surface area contributed by atoms with Gasteiger partial charge in [-0.05, 0) is 18.9 Å². The van der Waals surface area contributed by atoms with Gasteiger partial charge in [0.15, 0.2) is 0 Å². The molecule has 0 unspecified atom stereocenters. The molecule has 0 atom stereocenters. The zero-order chi connectivity index (χ0) is 11.5. The summed E-state index contributed by atoms with van der Waals surface area (Å²) in [5.41, 5.74) is 5.63. The molecule has 92 valence electrons. The van der Waals surface area contributed by atoms with Gasteiger partial charge in [0, 0.05) is 20.3 Å². The topological polar surface area (TPSA) is 44.5 Å². The summed E-state index contributed by atoms with van der Waals surface area (Å²) in [7, 11) is 2.24. The Kier molecular flexibility index (Phi) is 10.7. The SMILES string of the molecule is CCC[SiH](OC)OC.NC1CCCCC1. The fraction of sp³-hybridized carbons (Fsp3) is 1.00. The third-order valence-electron chi connectivity index (χ3n) is 2.70. The minimum Gasteiger partial charge on any atom is -0.400 e. The van der Waals surface area contributed by atoms with Crippen molar-refractivity contribution in [3.05, 3.63) is 0 Å². The smallest absolute Gasteiger partial charge is 0.320 e. The Balaban J connectivity index is 0.000000262. The average Bonchev–Trinajstić information content (AvgIpc) is 2.28. The summed E-state index contributed by atoms with van der Waals surface area (Å²) in [5, 5.41) is 0. The van der Waals surface area contributed by atoms with Crippen LogP contribution < -0.4 is 5.73 Å². The summed E-state index contributed by atoms with van der Waals surface area (Å²) in [4.78, 5) is 0. The van der Waals surface area contributed by atoms with Crippen LogP contribution in [0.5, 0.6) is 0 Å². The first-order valence-corrected chi connectivity index (χ1v) is 7.81. The van der Waals surface area contributed by atoms with Gasteiger partial charge in [-0.2, -0.15) is 0 Å². The molecule has 1 fully saturated rings. The molecule has 0 heterocycles. The molecule has 0 saturated heterocycles. The van der Waals surface area contributed by atoms with E-state index in [0.29, 0.717) is 6.04 Å². The minimum absolute atomic E-state index is 0.536. The molecule has 3 nitrogen and oxygen atoms in total. The van der Waals surface area contributed by atoms with E-state index in [1.165, 1.54) is 38.5 Å². The summed E-state index contributed by atoms with van der Waals surface area (Å²) in [6, 6.07) is 1.65. The lowest BCUT2D eigenvalue weighted by molar-refractivity contribution is 0.277. The van der Waals surface area contributed by atoms with E-state index < -0.39 is 9.28 Å². The number of hydrogen-bond donors (Lipinski definition) is 1. The van der Waals surface area contributed by atoms with Gasteiger partial charge >= 0.3 is 9.28 Å². The highest BCUT2D eigenvalue weighted by atomic mass is 28.3. The van der Waals surface area contributed by atoms with Crippen molar-refractivity contribution in [2.45, 2.75) is 57.5 Å². The Labute approximate surface area is 96.2 Å². The number of rotatable bonds is 4. The van der Waals surface area contributed by atoms with Crippen molar-refractivity contribution < 1.29 is 8.85 Å². The van der Waals surface area contributed by atoms with Gasteiger partial charge in [-0.3, -0.25) is 0 Å². The number of hydrogen-bond acceptors (Lipinski definition) is 3. The molecule has 0 spiro atoms. The molecule has 1 aliphatic carbocycles. The second kappa shape index (κ2) is 10.6. The van der Waals surface area contributed by atoms with Crippen LogP contribution in [0.4, 0.5) is 0 Å². The second-order valence-corrected chi connectivity index (χ2v) is 6.47. The molecule has 0 radical (unpaired) electrons. The van der Waals surface area contributed by atoms with E-state index in [0.717, 1.165) is 6.04 Å². The molecule has 15 heavy (non-hydrogen) atoms. The normalized spacial score (nSPS) is 17.4. The van der Waals surface area contributed by atoms with Gasteiger partial charge in [0.1, 0.15) is 0 Å². The zero-order valence-electron chi connectivity index (χ0n) is 10.5. The third kappa shape index (κ3) is 9.05. The van der Waals surface area contributed by atoms with Crippen molar-refractivity contribution >= 4 is 9.28 Å². The molecule has 2 N–H and O–H groups in total. The zero-order valence-corrected chi connectivity index (χ0v) is 11.7. The first-order chi connectivity index (χ1) is 7.24. The maximum Gasteiger partial charge on any atom is 0.320 e. The largest absolute Gasteiger partial charge is 0.400 e. The van der Waals surface area contributed by atoms with E-state index in [-0.39, 0.29) is 0 Å². The third-order valence-corrected chi connectivity index (χ3v) is 4.80. The Morgan fingerprint density at radius 1 is 1.13 bits per heavy atom. The molecule has 0 bridgehead atoms. The van der Waals surface area contributed by atoms with Gasteiger partial charge in [-0.1, -0.05) is 32.6 Å². The van der Waals surface area contributed by atoms with Crippen LogP contribution in [0.15, 0.2) is 0 Å². The number of nitrogens with two attached hydrogens (primary N) is 1. The lowest BCUT2D eigenvalue weighted by atomic mass is 9.97. The molecule has 0 aromatic carbocycles. The second-order valence-electron chi connectivity index (χ2n) is 4.09. The van der Waals surface area contributed by atoms with Gasteiger partial charge in [0.05, 0.1) is 0 Å². The maximum absolute atomic E-state index is 5.63.